The van der Waals surface area contributed by atoms with E-state index in [0.717, 1.165) is 0 Å². The van der Waals surface area contributed by atoms with Gasteiger partial charge < -0.3 is 20.4 Å². The molecule has 0 spiro atoms. The van der Waals surface area contributed by atoms with Gasteiger partial charge in [-0.1, -0.05) is 0 Å². The first kappa shape index (κ1) is 16.9. The Kier molecular flexibility index (Phi) is 8.15. The van der Waals surface area contributed by atoms with Crippen LogP contribution in [-0.4, -0.2) is 48.7 Å². The fourth-order valence-electron chi connectivity index (χ4n) is 0.714. The van der Waals surface area contributed by atoms with Crippen LogP contribution < -0.4 is 0 Å². The summed E-state index contributed by atoms with van der Waals surface area (Å²) in [5, 5.41) is 33.8. The van der Waals surface area contributed by atoms with E-state index in [1.807, 2.05) is 0 Å². The van der Waals surface area contributed by atoms with Crippen LogP contribution in [0.4, 0.5) is 0 Å². The van der Waals surface area contributed by atoms with E-state index in [1.54, 1.807) is 0 Å². The van der Waals surface area contributed by atoms with E-state index in [4.69, 9.17) is 25.2 Å². The zero-order chi connectivity index (χ0) is 13.4. The summed E-state index contributed by atoms with van der Waals surface area (Å²) in [6, 6.07) is 0. The third-order valence-electron chi connectivity index (χ3n) is 1.29. The standard InChI is InChI=1S/C6H8O7.CO.Fe/c7-3(8)1-6(13,5(11)12)2-4(9)10;1-2;/h13H,1-2H2,(H,7,8)(H,9,10)(H,11,12);;. The molecule has 0 saturated heterocycles. The van der Waals surface area contributed by atoms with Crippen molar-refractivity contribution in [2.45, 2.75) is 18.4 Å². The summed E-state index contributed by atoms with van der Waals surface area (Å²) in [6.07, 6.45) is -2.29. The summed E-state index contributed by atoms with van der Waals surface area (Å²) in [5.41, 5.74) is -2.74. The predicted octanol–water partition coefficient (Wildman–Crippen LogP) is -1.65. The molecule has 0 aromatic heterocycles. The summed E-state index contributed by atoms with van der Waals surface area (Å²) in [4.78, 5) is 40.3. The van der Waals surface area contributed by atoms with Crippen LogP contribution in [0, 0.1) is 0 Å². The van der Waals surface area contributed by atoms with Gasteiger partial charge in [0, 0.05) is 0 Å². The van der Waals surface area contributed by atoms with Crippen molar-refractivity contribution in [1.82, 2.24) is 0 Å². The van der Waals surface area contributed by atoms with E-state index in [-0.39, 0.29) is 0 Å². The molecule has 0 amide bonds. The fraction of sp³-hybridized carbons (Fsp3) is 0.429. The van der Waals surface area contributed by atoms with Crippen LogP contribution in [0.1, 0.15) is 12.8 Å². The number of carbonyl (C=O) groups is 3. The number of carbonyl (C=O) groups excluding carboxylic acids is 1. The second-order valence-electron chi connectivity index (χ2n) is 2.55. The van der Waals surface area contributed by atoms with Gasteiger partial charge in [0.25, 0.3) is 0 Å². The van der Waals surface area contributed by atoms with E-state index >= 15 is 0 Å². The van der Waals surface area contributed by atoms with E-state index in [9.17, 15) is 14.4 Å². The molecule has 0 fully saturated rings. The second kappa shape index (κ2) is 7.72. The zero-order valence-electron chi connectivity index (χ0n) is 7.69. The number of carboxylic acid groups (broad SMARTS) is 3. The molecule has 8 nitrogen and oxygen atoms in total. The molecule has 0 saturated carbocycles. The SMILES string of the molecule is O=C(O)CC(O)(CC(=O)O)C(=O)O.O=[C]=[Fe]. The minimum atomic E-state index is -2.74. The van der Waals surface area contributed by atoms with Crippen molar-refractivity contribution >= 4 is 22.7 Å². The molecule has 0 aromatic rings. The Labute approximate surface area is 96.9 Å². The molecule has 0 unspecified atom stereocenters. The Hall–Kier alpha value is -1.53. The molecule has 16 heavy (non-hydrogen) atoms. The maximum atomic E-state index is 10.3. The first-order chi connectivity index (χ1) is 7.19. The Balaban J connectivity index is 0. The van der Waals surface area contributed by atoms with Crippen LogP contribution in [0.2, 0.25) is 0 Å². The van der Waals surface area contributed by atoms with E-state index in [1.165, 1.54) is 4.79 Å². The summed E-state index contributed by atoms with van der Waals surface area (Å²) < 4.78 is 0. The van der Waals surface area contributed by atoms with Crippen molar-refractivity contribution in [3.05, 3.63) is 0 Å². The Bertz CT molecular complexity index is 300. The Morgan fingerprint density at radius 3 is 1.44 bits per heavy atom. The fourth-order valence-corrected chi connectivity index (χ4v) is 0.714. The molecule has 0 atom stereocenters. The van der Waals surface area contributed by atoms with Gasteiger partial charge in [-0.2, -0.15) is 0 Å². The molecule has 0 aliphatic rings. The summed E-state index contributed by atoms with van der Waals surface area (Å²) in [6.45, 7) is 0. The van der Waals surface area contributed by atoms with Crippen molar-refractivity contribution in [3.63, 3.8) is 0 Å². The second-order valence-corrected chi connectivity index (χ2v) is 2.78. The third-order valence-corrected chi connectivity index (χ3v) is 1.29. The first-order valence-electron chi connectivity index (χ1n) is 3.55. The normalized spacial score (nSPS) is 9.38. The van der Waals surface area contributed by atoms with Gasteiger partial charge in [0.15, 0.2) is 5.60 Å². The first-order valence-corrected chi connectivity index (χ1v) is 4.10. The van der Waals surface area contributed by atoms with Gasteiger partial charge in [-0.25, -0.2) is 4.79 Å². The zero-order valence-corrected chi connectivity index (χ0v) is 8.79. The summed E-state index contributed by atoms with van der Waals surface area (Å²) in [7, 11) is 0. The van der Waals surface area contributed by atoms with Crippen LogP contribution in [0.3, 0.4) is 0 Å². The van der Waals surface area contributed by atoms with Crippen molar-refractivity contribution in [2.75, 3.05) is 0 Å². The van der Waals surface area contributed by atoms with Crippen molar-refractivity contribution in [2.24, 2.45) is 0 Å². The summed E-state index contributed by atoms with van der Waals surface area (Å²) >= 11 is 2.68. The van der Waals surface area contributed by atoms with Crippen LogP contribution in [0.25, 0.3) is 0 Å². The molecule has 0 rings (SSSR count). The van der Waals surface area contributed by atoms with Crippen molar-refractivity contribution in [3.8, 4) is 0 Å². The molecule has 92 valence electrons. The monoisotopic (exact) mass is 276 g/mol. The summed E-state index contributed by atoms with van der Waals surface area (Å²) in [5.74, 6) is -5.02. The Morgan fingerprint density at radius 2 is 1.31 bits per heavy atom. The van der Waals surface area contributed by atoms with Crippen LogP contribution in [0.15, 0.2) is 0 Å². The van der Waals surface area contributed by atoms with Gasteiger partial charge in [0.1, 0.15) is 0 Å². The minimum absolute atomic E-state index is 1.14. The van der Waals surface area contributed by atoms with Crippen LogP contribution in [-0.2, 0) is 34.8 Å². The average molecular weight is 276 g/mol. The van der Waals surface area contributed by atoms with Gasteiger partial charge in [-0.3, -0.25) is 9.59 Å². The number of carboxylic acids is 3. The molecule has 0 aliphatic carbocycles. The number of aliphatic carboxylic acids is 3. The molecule has 0 heterocycles. The van der Waals surface area contributed by atoms with Gasteiger partial charge >= 0.3 is 43.1 Å². The van der Waals surface area contributed by atoms with E-state index in [2.05, 4.69) is 15.6 Å². The molecule has 0 aromatic carbocycles. The van der Waals surface area contributed by atoms with Crippen molar-refractivity contribution in [1.29, 1.82) is 0 Å². The maximum absolute atomic E-state index is 10.3. The van der Waals surface area contributed by atoms with Gasteiger partial charge in [-0.05, 0) is 0 Å². The molecule has 4 N–H and O–H groups in total. The van der Waals surface area contributed by atoms with Crippen LogP contribution in [0.5, 0.6) is 0 Å². The number of aliphatic hydroxyl groups is 1. The van der Waals surface area contributed by atoms with Crippen LogP contribution >= 0.6 is 0 Å². The third kappa shape index (κ3) is 7.83. The Morgan fingerprint density at radius 1 is 1.06 bits per heavy atom. The molecule has 0 aliphatic heterocycles. The van der Waals surface area contributed by atoms with Gasteiger partial charge in [0.2, 0.25) is 0 Å². The molecule has 9 heteroatoms. The molecular weight excluding hydrogens is 268 g/mol. The quantitative estimate of drug-likeness (QED) is 0.436. The molecule has 0 bridgehead atoms. The van der Waals surface area contributed by atoms with E-state index < -0.39 is 36.4 Å². The number of rotatable bonds is 5. The van der Waals surface area contributed by atoms with Gasteiger partial charge in [0.05, 0.1) is 12.8 Å². The number of hydrogen-bond acceptors (Lipinski definition) is 5. The topological polar surface area (TPSA) is 149 Å². The predicted molar refractivity (Wildman–Crippen MR) is 42.8 cm³/mol. The number of hydrogen-bond donors (Lipinski definition) is 4. The molecule has 0 radical (unpaired) electrons. The average Bonchev–Trinajstić information content (AvgIpc) is 2.01. The van der Waals surface area contributed by atoms with E-state index in [0.29, 0.717) is 0 Å². The molecular formula is C7H8FeO8. The van der Waals surface area contributed by atoms with Crippen molar-refractivity contribution < 1.29 is 55.2 Å². The van der Waals surface area contributed by atoms with Gasteiger partial charge in [-0.15, -0.1) is 0 Å².